The molecule has 0 atom stereocenters. The number of nitrogens with one attached hydrogen (secondary N) is 4. The molecule has 1 aromatic heterocycles. The molecule has 160 valence electrons. The van der Waals surface area contributed by atoms with Crippen LogP contribution in [0.5, 0.6) is 5.75 Å². The van der Waals surface area contributed by atoms with Crippen LogP contribution in [0.2, 0.25) is 0 Å². The molecular formula is C23H25N5O3. The summed E-state index contributed by atoms with van der Waals surface area (Å²) in [4.78, 5) is 25.6. The molecule has 1 fully saturated rings. The lowest BCUT2D eigenvalue weighted by Crippen LogP contribution is -2.43. The number of H-pyrrole nitrogens is 1. The highest BCUT2D eigenvalue weighted by atomic mass is 16.5. The summed E-state index contributed by atoms with van der Waals surface area (Å²) in [7, 11) is 0. The van der Waals surface area contributed by atoms with Gasteiger partial charge in [-0.15, -0.1) is 0 Å². The van der Waals surface area contributed by atoms with Crippen molar-refractivity contribution in [1.29, 1.82) is 0 Å². The van der Waals surface area contributed by atoms with Crippen LogP contribution in [-0.4, -0.2) is 41.1 Å². The van der Waals surface area contributed by atoms with Gasteiger partial charge in [-0.2, -0.15) is 5.10 Å². The maximum Gasteiger partial charge on any atom is 0.274 e. The minimum atomic E-state index is -0.374. The van der Waals surface area contributed by atoms with Crippen molar-refractivity contribution in [2.75, 3.05) is 18.4 Å². The van der Waals surface area contributed by atoms with Crippen LogP contribution in [-0.2, 0) is 6.61 Å². The van der Waals surface area contributed by atoms with E-state index < -0.39 is 0 Å². The Kier molecular flexibility index (Phi) is 6.59. The van der Waals surface area contributed by atoms with E-state index in [0.717, 1.165) is 31.5 Å². The SMILES string of the molecule is O=C(Nc1c[nH]nc1C(=O)NC1CCNCC1)c1ccccc1OCc1ccccc1. The number of anilines is 1. The molecule has 8 nitrogen and oxygen atoms in total. The highest BCUT2D eigenvalue weighted by Gasteiger charge is 2.22. The van der Waals surface area contributed by atoms with Gasteiger partial charge in [-0.1, -0.05) is 42.5 Å². The number of benzene rings is 2. The van der Waals surface area contributed by atoms with Crippen LogP contribution in [0.25, 0.3) is 0 Å². The predicted octanol–water partition coefficient (Wildman–Crippen LogP) is 2.72. The van der Waals surface area contributed by atoms with Crippen molar-refractivity contribution in [2.24, 2.45) is 0 Å². The number of ether oxygens (including phenoxy) is 1. The van der Waals surface area contributed by atoms with Gasteiger partial charge in [-0.05, 0) is 43.6 Å². The van der Waals surface area contributed by atoms with Crippen LogP contribution in [0.3, 0.4) is 0 Å². The molecule has 0 bridgehead atoms. The Morgan fingerprint density at radius 1 is 1.00 bits per heavy atom. The molecule has 8 heteroatoms. The first-order valence-corrected chi connectivity index (χ1v) is 10.3. The standard InChI is InChI=1S/C23H25N5O3/c29-22(18-8-4-5-9-20(18)31-15-16-6-2-1-3-7-16)27-19-14-25-28-21(19)23(30)26-17-10-12-24-13-11-17/h1-9,14,17,24H,10-13,15H2,(H,25,28)(H,26,30)(H,27,29). The number of hydrogen-bond donors (Lipinski definition) is 4. The topological polar surface area (TPSA) is 108 Å². The van der Waals surface area contributed by atoms with E-state index in [1.54, 1.807) is 18.2 Å². The van der Waals surface area contributed by atoms with E-state index in [1.807, 2.05) is 36.4 Å². The lowest BCUT2D eigenvalue weighted by molar-refractivity contribution is 0.0925. The second-order valence-electron chi connectivity index (χ2n) is 7.37. The molecule has 2 amide bonds. The third-order valence-electron chi connectivity index (χ3n) is 5.15. The van der Waals surface area contributed by atoms with Crippen molar-refractivity contribution in [1.82, 2.24) is 20.8 Å². The monoisotopic (exact) mass is 419 g/mol. The Bertz CT molecular complexity index is 1030. The van der Waals surface area contributed by atoms with Gasteiger partial charge in [0.1, 0.15) is 12.4 Å². The van der Waals surface area contributed by atoms with Crippen molar-refractivity contribution in [3.8, 4) is 5.75 Å². The zero-order valence-corrected chi connectivity index (χ0v) is 17.1. The largest absolute Gasteiger partial charge is 0.488 e. The van der Waals surface area contributed by atoms with Gasteiger partial charge in [0.2, 0.25) is 0 Å². The number of rotatable bonds is 7. The van der Waals surface area contributed by atoms with Crippen molar-refractivity contribution < 1.29 is 14.3 Å². The Labute approximate surface area is 180 Å². The predicted molar refractivity (Wildman–Crippen MR) is 117 cm³/mol. The lowest BCUT2D eigenvalue weighted by atomic mass is 10.1. The van der Waals surface area contributed by atoms with Gasteiger partial charge in [0.05, 0.1) is 11.3 Å². The molecule has 2 heterocycles. The summed E-state index contributed by atoms with van der Waals surface area (Å²) in [6.45, 7) is 2.09. The summed E-state index contributed by atoms with van der Waals surface area (Å²) in [6.07, 6.45) is 3.23. The minimum Gasteiger partial charge on any atom is -0.488 e. The van der Waals surface area contributed by atoms with Gasteiger partial charge in [0, 0.05) is 12.2 Å². The first-order valence-electron chi connectivity index (χ1n) is 10.3. The number of amides is 2. The summed E-state index contributed by atoms with van der Waals surface area (Å²) in [5.74, 6) is -0.217. The number of para-hydroxylation sites is 1. The number of piperidine rings is 1. The van der Waals surface area contributed by atoms with Crippen LogP contribution >= 0.6 is 0 Å². The average Bonchev–Trinajstić information content (AvgIpc) is 3.27. The number of aromatic amines is 1. The molecule has 0 saturated carbocycles. The minimum absolute atomic E-state index is 0.0983. The molecule has 2 aromatic carbocycles. The van der Waals surface area contributed by atoms with E-state index in [4.69, 9.17) is 4.74 Å². The summed E-state index contributed by atoms with van der Waals surface area (Å²) in [5, 5.41) is 15.7. The molecule has 0 spiro atoms. The zero-order valence-electron chi connectivity index (χ0n) is 17.1. The Morgan fingerprint density at radius 2 is 1.74 bits per heavy atom. The smallest absolute Gasteiger partial charge is 0.274 e. The zero-order chi connectivity index (χ0) is 21.5. The normalized spacial score (nSPS) is 14.1. The molecule has 4 N–H and O–H groups in total. The van der Waals surface area contributed by atoms with Gasteiger partial charge < -0.3 is 20.7 Å². The number of carbonyl (C=O) groups excluding carboxylic acids is 2. The van der Waals surface area contributed by atoms with Crippen molar-refractivity contribution in [3.63, 3.8) is 0 Å². The van der Waals surface area contributed by atoms with Gasteiger partial charge in [-0.25, -0.2) is 0 Å². The van der Waals surface area contributed by atoms with Crippen molar-refractivity contribution in [2.45, 2.75) is 25.5 Å². The van der Waals surface area contributed by atoms with Gasteiger partial charge in [-0.3, -0.25) is 14.7 Å². The molecular weight excluding hydrogens is 394 g/mol. The number of aromatic nitrogens is 2. The number of nitrogens with zero attached hydrogens (tertiary/aromatic N) is 1. The summed E-state index contributed by atoms with van der Waals surface area (Å²) < 4.78 is 5.87. The van der Waals surface area contributed by atoms with E-state index in [2.05, 4.69) is 26.1 Å². The molecule has 3 aromatic rings. The van der Waals surface area contributed by atoms with Crippen molar-refractivity contribution >= 4 is 17.5 Å². The highest BCUT2D eigenvalue weighted by molar-refractivity contribution is 6.09. The van der Waals surface area contributed by atoms with Gasteiger partial charge in [0.25, 0.3) is 11.8 Å². The van der Waals surface area contributed by atoms with Crippen LogP contribution < -0.4 is 20.7 Å². The summed E-state index contributed by atoms with van der Waals surface area (Å²) in [5.41, 5.74) is 1.87. The molecule has 1 aliphatic rings. The third-order valence-corrected chi connectivity index (χ3v) is 5.15. The van der Waals surface area contributed by atoms with E-state index >= 15 is 0 Å². The van der Waals surface area contributed by atoms with Crippen LogP contribution in [0.4, 0.5) is 5.69 Å². The van der Waals surface area contributed by atoms with E-state index in [1.165, 1.54) is 6.20 Å². The molecule has 0 unspecified atom stereocenters. The second kappa shape index (κ2) is 9.90. The fraction of sp³-hybridized carbons (Fsp3) is 0.261. The molecule has 1 aliphatic heterocycles. The lowest BCUT2D eigenvalue weighted by Gasteiger charge is -2.23. The first kappa shape index (κ1) is 20.6. The summed E-state index contributed by atoms with van der Waals surface area (Å²) in [6, 6.07) is 16.8. The quantitative estimate of drug-likeness (QED) is 0.471. The van der Waals surface area contributed by atoms with Gasteiger partial charge >= 0.3 is 0 Å². The maximum absolute atomic E-state index is 12.9. The van der Waals surface area contributed by atoms with Gasteiger partial charge in [0.15, 0.2) is 5.69 Å². The fourth-order valence-corrected chi connectivity index (χ4v) is 3.48. The third kappa shape index (κ3) is 5.29. The van der Waals surface area contributed by atoms with Crippen molar-refractivity contribution in [3.05, 3.63) is 77.6 Å². The molecule has 31 heavy (non-hydrogen) atoms. The highest BCUT2D eigenvalue weighted by Crippen LogP contribution is 2.22. The average molecular weight is 419 g/mol. The second-order valence-corrected chi connectivity index (χ2v) is 7.37. The number of carbonyl (C=O) groups is 2. The number of hydrogen-bond acceptors (Lipinski definition) is 5. The molecule has 4 rings (SSSR count). The van der Waals surface area contributed by atoms with E-state index in [9.17, 15) is 9.59 Å². The van der Waals surface area contributed by atoms with E-state index in [-0.39, 0.29) is 23.6 Å². The molecule has 1 saturated heterocycles. The first-order chi connectivity index (χ1) is 15.2. The molecule has 0 radical (unpaired) electrons. The van der Waals surface area contributed by atoms with Crippen LogP contribution in [0.1, 0.15) is 39.3 Å². The summed E-state index contributed by atoms with van der Waals surface area (Å²) >= 11 is 0. The Balaban J connectivity index is 1.43. The Morgan fingerprint density at radius 3 is 2.55 bits per heavy atom. The fourth-order valence-electron chi connectivity index (χ4n) is 3.48. The Hall–Kier alpha value is -3.65. The van der Waals surface area contributed by atoms with Crippen LogP contribution in [0, 0.1) is 0 Å². The maximum atomic E-state index is 12.9. The van der Waals surface area contributed by atoms with E-state index in [0.29, 0.717) is 23.6 Å². The van der Waals surface area contributed by atoms with Crippen LogP contribution in [0.15, 0.2) is 60.8 Å². The molecule has 0 aliphatic carbocycles.